The topological polar surface area (TPSA) is 37.0 Å². The Morgan fingerprint density at radius 1 is 1.20 bits per heavy atom. The van der Waals surface area contributed by atoms with Gasteiger partial charge in [-0.1, -0.05) is 0 Å². The molecule has 0 unspecified atom stereocenters. The van der Waals surface area contributed by atoms with Crippen LogP contribution in [-0.2, 0) is 6.54 Å². The number of nitrogens with one attached hydrogen (secondary N) is 2. The van der Waals surface area contributed by atoms with Crippen molar-refractivity contribution >= 4 is 5.69 Å². The minimum atomic E-state index is 0.719. The van der Waals surface area contributed by atoms with Crippen molar-refractivity contribution in [2.45, 2.75) is 44.3 Å². The van der Waals surface area contributed by atoms with Gasteiger partial charge in [-0.15, -0.1) is 0 Å². The molecular formula is C12H17N3. The molecule has 2 fully saturated rings. The van der Waals surface area contributed by atoms with Crippen LogP contribution in [0.25, 0.3) is 0 Å². The fraction of sp³-hybridized carbons (Fsp3) is 0.583. The lowest BCUT2D eigenvalue weighted by molar-refractivity contribution is 0.674. The monoisotopic (exact) mass is 203 g/mol. The van der Waals surface area contributed by atoms with Gasteiger partial charge < -0.3 is 10.6 Å². The fourth-order valence-electron chi connectivity index (χ4n) is 1.66. The number of anilines is 1. The quantitative estimate of drug-likeness (QED) is 0.767. The second-order valence-corrected chi connectivity index (χ2v) is 4.61. The third-order valence-corrected chi connectivity index (χ3v) is 2.91. The van der Waals surface area contributed by atoms with Gasteiger partial charge >= 0.3 is 0 Å². The first kappa shape index (κ1) is 9.16. The molecule has 1 aromatic heterocycles. The molecule has 2 N–H and O–H groups in total. The predicted octanol–water partition coefficient (Wildman–Crippen LogP) is 1.91. The van der Waals surface area contributed by atoms with Gasteiger partial charge in [0.1, 0.15) is 0 Å². The van der Waals surface area contributed by atoms with Crippen molar-refractivity contribution in [3.8, 4) is 0 Å². The van der Waals surface area contributed by atoms with E-state index in [1.165, 1.54) is 31.4 Å². The van der Waals surface area contributed by atoms with E-state index in [0.717, 1.165) is 24.3 Å². The van der Waals surface area contributed by atoms with E-state index in [4.69, 9.17) is 0 Å². The molecule has 2 saturated carbocycles. The van der Waals surface area contributed by atoms with Crippen molar-refractivity contribution in [1.29, 1.82) is 0 Å². The van der Waals surface area contributed by atoms with Gasteiger partial charge in [-0.3, -0.25) is 4.98 Å². The molecule has 3 heteroatoms. The van der Waals surface area contributed by atoms with Crippen LogP contribution in [0.2, 0.25) is 0 Å². The van der Waals surface area contributed by atoms with Gasteiger partial charge in [-0.05, 0) is 37.8 Å². The summed E-state index contributed by atoms with van der Waals surface area (Å²) in [5, 5.41) is 6.97. The van der Waals surface area contributed by atoms with Gasteiger partial charge in [-0.25, -0.2) is 0 Å². The summed E-state index contributed by atoms with van der Waals surface area (Å²) in [5.74, 6) is 0. The van der Waals surface area contributed by atoms with Crippen LogP contribution in [0.4, 0.5) is 5.69 Å². The highest BCUT2D eigenvalue weighted by Crippen LogP contribution is 2.24. The lowest BCUT2D eigenvalue weighted by Crippen LogP contribution is -2.16. The van der Waals surface area contributed by atoms with Crippen LogP contribution in [0.3, 0.4) is 0 Å². The Hall–Kier alpha value is -1.09. The predicted molar refractivity (Wildman–Crippen MR) is 60.7 cm³/mol. The van der Waals surface area contributed by atoms with Crippen molar-refractivity contribution in [2.75, 3.05) is 5.32 Å². The number of hydrogen-bond acceptors (Lipinski definition) is 3. The number of hydrogen-bond donors (Lipinski definition) is 2. The Morgan fingerprint density at radius 2 is 2.00 bits per heavy atom. The highest BCUT2D eigenvalue weighted by Gasteiger charge is 2.21. The van der Waals surface area contributed by atoms with Crippen LogP contribution < -0.4 is 10.6 Å². The van der Waals surface area contributed by atoms with E-state index in [0.29, 0.717) is 0 Å². The van der Waals surface area contributed by atoms with Crippen molar-refractivity contribution < 1.29 is 0 Å². The van der Waals surface area contributed by atoms with Crippen molar-refractivity contribution in [3.63, 3.8) is 0 Å². The van der Waals surface area contributed by atoms with Gasteiger partial charge in [0, 0.05) is 30.5 Å². The highest BCUT2D eigenvalue weighted by atomic mass is 15.0. The average Bonchev–Trinajstić information content (AvgIpc) is 3.10. The fourth-order valence-corrected chi connectivity index (χ4v) is 1.66. The summed E-state index contributed by atoms with van der Waals surface area (Å²) in [5.41, 5.74) is 2.37. The summed E-state index contributed by atoms with van der Waals surface area (Å²) >= 11 is 0. The first-order chi connectivity index (χ1) is 7.40. The molecule has 3 nitrogen and oxygen atoms in total. The molecule has 1 heterocycles. The van der Waals surface area contributed by atoms with Crippen molar-refractivity contribution in [2.24, 2.45) is 0 Å². The Kier molecular flexibility index (Phi) is 2.33. The first-order valence-corrected chi connectivity index (χ1v) is 5.85. The number of aromatic nitrogens is 1. The normalized spacial score (nSPS) is 20.3. The molecule has 80 valence electrons. The summed E-state index contributed by atoms with van der Waals surface area (Å²) in [6.07, 6.45) is 7.20. The second-order valence-electron chi connectivity index (χ2n) is 4.61. The van der Waals surface area contributed by atoms with Crippen molar-refractivity contribution in [1.82, 2.24) is 10.3 Å². The standard InChI is InChI=1S/C12H17N3/c1-2-9(1)14-8-12-7-11(5-6-13-12)15-10-3-4-10/h5-7,9-10,14H,1-4,8H2,(H,13,15). The second kappa shape index (κ2) is 3.81. The molecule has 2 aliphatic rings. The number of pyridine rings is 1. The van der Waals surface area contributed by atoms with E-state index in [2.05, 4.69) is 27.8 Å². The molecular weight excluding hydrogens is 186 g/mol. The van der Waals surface area contributed by atoms with Gasteiger partial charge in [-0.2, -0.15) is 0 Å². The molecule has 2 aliphatic carbocycles. The zero-order valence-corrected chi connectivity index (χ0v) is 8.87. The van der Waals surface area contributed by atoms with Gasteiger partial charge in [0.2, 0.25) is 0 Å². The average molecular weight is 203 g/mol. The Bertz CT molecular complexity index is 342. The zero-order valence-electron chi connectivity index (χ0n) is 8.87. The smallest absolute Gasteiger partial charge is 0.0562 e. The maximum Gasteiger partial charge on any atom is 0.0562 e. The van der Waals surface area contributed by atoms with Gasteiger partial charge in [0.25, 0.3) is 0 Å². The molecule has 0 bridgehead atoms. The molecule has 3 rings (SSSR count). The largest absolute Gasteiger partial charge is 0.382 e. The van der Waals surface area contributed by atoms with Crippen LogP contribution >= 0.6 is 0 Å². The Morgan fingerprint density at radius 3 is 2.73 bits per heavy atom. The molecule has 1 aromatic rings. The first-order valence-electron chi connectivity index (χ1n) is 5.85. The lowest BCUT2D eigenvalue weighted by Gasteiger charge is -2.07. The highest BCUT2D eigenvalue weighted by molar-refractivity contribution is 5.45. The molecule has 0 spiro atoms. The minimum absolute atomic E-state index is 0.719. The van der Waals surface area contributed by atoms with Gasteiger partial charge in [0.05, 0.1) is 5.69 Å². The van der Waals surface area contributed by atoms with E-state index in [-0.39, 0.29) is 0 Å². The molecule has 0 saturated heterocycles. The zero-order chi connectivity index (χ0) is 10.1. The molecule has 15 heavy (non-hydrogen) atoms. The van der Waals surface area contributed by atoms with E-state index < -0.39 is 0 Å². The molecule has 0 atom stereocenters. The van der Waals surface area contributed by atoms with E-state index in [1.54, 1.807) is 0 Å². The summed E-state index contributed by atoms with van der Waals surface area (Å²) < 4.78 is 0. The molecule has 0 amide bonds. The summed E-state index contributed by atoms with van der Waals surface area (Å²) in [7, 11) is 0. The van der Waals surface area contributed by atoms with E-state index in [9.17, 15) is 0 Å². The third kappa shape index (κ3) is 2.69. The third-order valence-electron chi connectivity index (χ3n) is 2.91. The molecule has 0 aromatic carbocycles. The van der Waals surface area contributed by atoms with Crippen LogP contribution in [0.15, 0.2) is 18.3 Å². The maximum atomic E-state index is 4.36. The Balaban J connectivity index is 1.59. The SMILES string of the molecule is c1cc(NC2CC2)cc(CNC2CC2)n1. The molecule has 0 radical (unpaired) electrons. The summed E-state index contributed by atoms with van der Waals surface area (Å²) in [6, 6.07) is 5.69. The minimum Gasteiger partial charge on any atom is -0.382 e. The maximum absolute atomic E-state index is 4.36. The number of rotatable bonds is 5. The van der Waals surface area contributed by atoms with Crippen molar-refractivity contribution in [3.05, 3.63) is 24.0 Å². The number of nitrogens with zero attached hydrogens (tertiary/aromatic N) is 1. The summed E-state index contributed by atoms with van der Waals surface area (Å²) in [6.45, 7) is 0.908. The van der Waals surface area contributed by atoms with Crippen LogP contribution in [0.5, 0.6) is 0 Å². The van der Waals surface area contributed by atoms with Gasteiger partial charge in [0.15, 0.2) is 0 Å². The molecule has 0 aliphatic heterocycles. The Labute approximate surface area is 90.3 Å². The van der Waals surface area contributed by atoms with Crippen LogP contribution in [0, 0.1) is 0 Å². The van der Waals surface area contributed by atoms with E-state index >= 15 is 0 Å². The van der Waals surface area contributed by atoms with Crippen LogP contribution in [0.1, 0.15) is 31.4 Å². The van der Waals surface area contributed by atoms with Crippen LogP contribution in [-0.4, -0.2) is 17.1 Å². The lowest BCUT2D eigenvalue weighted by atomic mass is 10.3. The van der Waals surface area contributed by atoms with E-state index in [1.807, 2.05) is 6.20 Å². The summed E-state index contributed by atoms with van der Waals surface area (Å²) in [4.78, 5) is 4.36.